The number of nitrogens with one attached hydrogen (secondary N) is 1. The zero-order chi connectivity index (χ0) is 16.8. The van der Waals surface area contributed by atoms with Gasteiger partial charge in [-0.1, -0.05) is 19.3 Å². The van der Waals surface area contributed by atoms with Gasteiger partial charge in [-0.2, -0.15) is 0 Å². The van der Waals surface area contributed by atoms with Crippen LogP contribution in [-0.4, -0.2) is 31.3 Å². The van der Waals surface area contributed by atoms with Crippen molar-refractivity contribution in [1.29, 1.82) is 0 Å². The number of hydrogen-bond donors (Lipinski definition) is 2. The number of ether oxygens (including phenoxy) is 2. The first-order valence-electron chi connectivity index (χ1n) is 9.14. The van der Waals surface area contributed by atoms with Crippen LogP contribution in [-0.2, 0) is 9.53 Å². The molecule has 3 rings (SSSR count). The molecule has 1 aromatic rings. The van der Waals surface area contributed by atoms with Crippen molar-refractivity contribution in [3.05, 3.63) is 24.3 Å². The molecule has 2 fully saturated rings. The van der Waals surface area contributed by atoms with Crippen molar-refractivity contribution in [2.24, 2.45) is 11.7 Å². The molecule has 1 heterocycles. The molecule has 1 saturated carbocycles. The second-order valence-electron chi connectivity index (χ2n) is 6.89. The van der Waals surface area contributed by atoms with Gasteiger partial charge in [0, 0.05) is 12.2 Å². The minimum Gasteiger partial charge on any atom is -0.493 e. The zero-order valence-electron chi connectivity index (χ0n) is 14.2. The van der Waals surface area contributed by atoms with E-state index < -0.39 is 0 Å². The SMILES string of the molecule is NC[C@H]1CC[C@@H](C(=O)Nc2ccc(OCC3CCCCC3)cc2)O1. The van der Waals surface area contributed by atoms with Crippen LogP contribution in [0.4, 0.5) is 5.69 Å². The molecule has 1 aromatic carbocycles. The van der Waals surface area contributed by atoms with Crippen molar-refractivity contribution in [3.8, 4) is 5.75 Å². The molecule has 5 nitrogen and oxygen atoms in total. The Hall–Kier alpha value is -1.59. The van der Waals surface area contributed by atoms with Crippen LogP contribution in [0, 0.1) is 5.92 Å². The van der Waals surface area contributed by atoms with Gasteiger partial charge < -0.3 is 20.5 Å². The van der Waals surface area contributed by atoms with E-state index in [1.807, 2.05) is 24.3 Å². The summed E-state index contributed by atoms with van der Waals surface area (Å²) in [7, 11) is 0. The van der Waals surface area contributed by atoms with Gasteiger partial charge in [0.25, 0.3) is 5.91 Å². The molecule has 5 heteroatoms. The molecule has 2 aliphatic rings. The fourth-order valence-corrected chi connectivity index (χ4v) is 3.50. The van der Waals surface area contributed by atoms with E-state index in [0.717, 1.165) is 30.9 Å². The number of rotatable bonds is 6. The molecule has 1 saturated heterocycles. The Morgan fingerprint density at radius 2 is 1.88 bits per heavy atom. The highest BCUT2D eigenvalue weighted by atomic mass is 16.5. The predicted octanol–water partition coefficient (Wildman–Crippen LogP) is 3.09. The first kappa shape index (κ1) is 17.2. The normalized spacial score (nSPS) is 24.7. The molecular formula is C19H28N2O3. The van der Waals surface area contributed by atoms with Crippen molar-refractivity contribution in [1.82, 2.24) is 0 Å². The summed E-state index contributed by atoms with van der Waals surface area (Å²) < 4.78 is 11.5. The highest BCUT2D eigenvalue weighted by Gasteiger charge is 2.29. The Labute approximate surface area is 143 Å². The lowest BCUT2D eigenvalue weighted by Crippen LogP contribution is -2.29. The molecule has 0 spiro atoms. The number of nitrogens with two attached hydrogens (primary N) is 1. The van der Waals surface area contributed by atoms with Crippen LogP contribution < -0.4 is 15.8 Å². The van der Waals surface area contributed by atoms with Crippen molar-refractivity contribution < 1.29 is 14.3 Å². The second-order valence-corrected chi connectivity index (χ2v) is 6.89. The molecule has 132 valence electrons. The molecule has 1 amide bonds. The summed E-state index contributed by atoms with van der Waals surface area (Å²) in [4.78, 5) is 12.2. The molecule has 2 atom stereocenters. The average molecular weight is 332 g/mol. The third-order valence-electron chi connectivity index (χ3n) is 5.00. The average Bonchev–Trinajstić information content (AvgIpc) is 3.11. The molecule has 3 N–H and O–H groups in total. The molecular weight excluding hydrogens is 304 g/mol. The summed E-state index contributed by atoms with van der Waals surface area (Å²) in [5.41, 5.74) is 6.35. The molecule has 24 heavy (non-hydrogen) atoms. The highest BCUT2D eigenvalue weighted by Crippen LogP contribution is 2.25. The fraction of sp³-hybridized carbons (Fsp3) is 0.632. The monoisotopic (exact) mass is 332 g/mol. The van der Waals surface area contributed by atoms with E-state index in [1.165, 1.54) is 32.1 Å². The Kier molecular flexibility index (Phi) is 6.10. The summed E-state index contributed by atoms with van der Waals surface area (Å²) in [5, 5.41) is 2.90. The van der Waals surface area contributed by atoms with Gasteiger partial charge in [0.05, 0.1) is 12.7 Å². The molecule has 0 radical (unpaired) electrons. The lowest BCUT2D eigenvalue weighted by Gasteiger charge is -2.21. The third kappa shape index (κ3) is 4.71. The van der Waals surface area contributed by atoms with Gasteiger partial charge in [0.15, 0.2) is 0 Å². The van der Waals surface area contributed by atoms with Gasteiger partial charge in [0.2, 0.25) is 0 Å². The minimum absolute atomic E-state index is 0.0105. The van der Waals surface area contributed by atoms with Crippen molar-refractivity contribution >= 4 is 11.6 Å². The van der Waals surface area contributed by atoms with Crippen LogP contribution in [0.1, 0.15) is 44.9 Å². The van der Waals surface area contributed by atoms with Gasteiger partial charge in [-0.05, 0) is 55.9 Å². The highest BCUT2D eigenvalue weighted by molar-refractivity contribution is 5.94. The van der Waals surface area contributed by atoms with Gasteiger partial charge >= 0.3 is 0 Å². The van der Waals surface area contributed by atoms with Crippen molar-refractivity contribution in [2.45, 2.75) is 57.2 Å². The number of carbonyl (C=O) groups excluding carboxylic acids is 1. The van der Waals surface area contributed by atoms with Gasteiger partial charge in [-0.15, -0.1) is 0 Å². The largest absolute Gasteiger partial charge is 0.493 e. The Morgan fingerprint density at radius 1 is 1.12 bits per heavy atom. The Bertz CT molecular complexity index is 526. The Morgan fingerprint density at radius 3 is 2.54 bits per heavy atom. The summed E-state index contributed by atoms with van der Waals surface area (Å²) in [6, 6.07) is 7.58. The smallest absolute Gasteiger partial charge is 0.253 e. The van der Waals surface area contributed by atoms with Crippen LogP contribution in [0.25, 0.3) is 0 Å². The van der Waals surface area contributed by atoms with Crippen LogP contribution in [0.3, 0.4) is 0 Å². The number of hydrogen-bond acceptors (Lipinski definition) is 4. The summed E-state index contributed by atoms with van der Waals surface area (Å²) in [5.74, 6) is 1.45. The number of amides is 1. The van der Waals surface area contributed by atoms with Crippen LogP contribution in [0.5, 0.6) is 5.75 Å². The van der Waals surface area contributed by atoms with E-state index in [2.05, 4.69) is 5.32 Å². The molecule has 0 bridgehead atoms. The summed E-state index contributed by atoms with van der Waals surface area (Å²) in [6.45, 7) is 1.26. The minimum atomic E-state index is -0.388. The summed E-state index contributed by atoms with van der Waals surface area (Å²) >= 11 is 0. The zero-order valence-corrected chi connectivity index (χ0v) is 14.2. The standard InChI is InChI=1S/C19H28N2O3/c20-12-17-10-11-18(24-17)19(22)21-15-6-8-16(9-7-15)23-13-14-4-2-1-3-5-14/h6-9,14,17-18H,1-5,10-13,20H2,(H,21,22)/t17-,18+/m1/s1. The first-order valence-corrected chi connectivity index (χ1v) is 9.14. The third-order valence-corrected chi connectivity index (χ3v) is 5.00. The molecule has 1 aliphatic heterocycles. The number of carbonyl (C=O) groups is 1. The number of benzene rings is 1. The van der Waals surface area contributed by atoms with E-state index in [-0.39, 0.29) is 18.1 Å². The lowest BCUT2D eigenvalue weighted by atomic mass is 9.90. The topological polar surface area (TPSA) is 73.6 Å². The second kappa shape index (κ2) is 8.49. The molecule has 0 unspecified atom stereocenters. The van der Waals surface area contributed by atoms with Crippen molar-refractivity contribution in [2.75, 3.05) is 18.5 Å². The van der Waals surface area contributed by atoms with E-state index >= 15 is 0 Å². The van der Waals surface area contributed by atoms with Crippen LogP contribution in [0.15, 0.2) is 24.3 Å². The maximum Gasteiger partial charge on any atom is 0.253 e. The quantitative estimate of drug-likeness (QED) is 0.839. The predicted molar refractivity (Wildman–Crippen MR) is 94.1 cm³/mol. The van der Waals surface area contributed by atoms with E-state index in [4.69, 9.17) is 15.2 Å². The van der Waals surface area contributed by atoms with Gasteiger partial charge in [0.1, 0.15) is 11.9 Å². The number of anilines is 1. The maximum absolute atomic E-state index is 12.2. The maximum atomic E-state index is 12.2. The lowest BCUT2D eigenvalue weighted by molar-refractivity contribution is -0.126. The van der Waals surface area contributed by atoms with Crippen LogP contribution in [0.2, 0.25) is 0 Å². The van der Waals surface area contributed by atoms with Gasteiger partial charge in [-0.25, -0.2) is 0 Å². The van der Waals surface area contributed by atoms with E-state index in [0.29, 0.717) is 12.5 Å². The van der Waals surface area contributed by atoms with E-state index in [9.17, 15) is 4.79 Å². The van der Waals surface area contributed by atoms with Gasteiger partial charge in [-0.3, -0.25) is 4.79 Å². The Balaban J connectivity index is 1.44. The molecule has 0 aromatic heterocycles. The van der Waals surface area contributed by atoms with Crippen LogP contribution >= 0.6 is 0 Å². The fourth-order valence-electron chi connectivity index (χ4n) is 3.50. The van der Waals surface area contributed by atoms with E-state index in [1.54, 1.807) is 0 Å². The first-order chi connectivity index (χ1) is 11.7. The summed E-state index contributed by atoms with van der Waals surface area (Å²) in [6.07, 6.45) is 7.77. The molecule has 1 aliphatic carbocycles. The van der Waals surface area contributed by atoms with Crippen molar-refractivity contribution in [3.63, 3.8) is 0 Å².